The van der Waals surface area contributed by atoms with Gasteiger partial charge in [-0.2, -0.15) is 0 Å². The molecule has 2 rings (SSSR count). The summed E-state index contributed by atoms with van der Waals surface area (Å²) in [6.45, 7) is 0.888. The molecule has 1 atom stereocenters. The second-order valence-corrected chi connectivity index (χ2v) is 2.23. The maximum atomic E-state index is 4.12. The summed E-state index contributed by atoms with van der Waals surface area (Å²) in [4.78, 5) is 4.12. The molecular formula is C7H8N2. The second-order valence-electron chi connectivity index (χ2n) is 2.23. The van der Waals surface area contributed by atoms with Gasteiger partial charge < -0.3 is 5.32 Å². The summed E-state index contributed by atoms with van der Waals surface area (Å²) < 4.78 is 0. The number of aliphatic imine (C=N–C) groups is 1. The van der Waals surface area contributed by atoms with E-state index in [-0.39, 0.29) is 0 Å². The Labute approximate surface area is 54.0 Å². The first-order valence-corrected chi connectivity index (χ1v) is 3.09. The molecule has 9 heavy (non-hydrogen) atoms. The highest BCUT2D eigenvalue weighted by Crippen LogP contribution is 2.12. The van der Waals surface area contributed by atoms with E-state index in [0.29, 0.717) is 6.04 Å². The lowest BCUT2D eigenvalue weighted by molar-refractivity contribution is 0.710. The minimum Gasteiger partial charge on any atom is -0.382 e. The van der Waals surface area contributed by atoms with Crippen LogP contribution in [0.1, 0.15) is 0 Å². The van der Waals surface area contributed by atoms with Crippen LogP contribution in [0.25, 0.3) is 0 Å². The summed E-state index contributed by atoms with van der Waals surface area (Å²) in [5.74, 6) is 0. The van der Waals surface area contributed by atoms with Gasteiger partial charge in [0.15, 0.2) is 0 Å². The molecule has 0 bridgehead atoms. The van der Waals surface area contributed by atoms with Gasteiger partial charge >= 0.3 is 0 Å². The summed E-state index contributed by atoms with van der Waals surface area (Å²) in [7, 11) is 0. The van der Waals surface area contributed by atoms with E-state index in [4.69, 9.17) is 0 Å². The van der Waals surface area contributed by atoms with Crippen molar-refractivity contribution in [1.29, 1.82) is 0 Å². The average Bonchev–Trinajstić information content (AvgIpc) is 2.33. The Morgan fingerprint density at radius 2 is 2.67 bits per heavy atom. The van der Waals surface area contributed by atoms with E-state index in [1.165, 1.54) is 5.57 Å². The third-order valence-corrected chi connectivity index (χ3v) is 1.64. The molecule has 0 spiro atoms. The molecule has 0 aliphatic carbocycles. The number of dihydropyridines is 1. The van der Waals surface area contributed by atoms with Gasteiger partial charge in [0.25, 0.3) is 0 Å². The van der Waals surface area contributed by atoms with Gasteiger partial charge in [0, 0.05) is 6.21 Å². The Morgan fingerprint density at radius 3 is 3.56 bits per heavy atom. The Bertz CT molecular complexity index is 201. The Balaban J connectivity index is 2.31. The molecule has 0 amide bonds. The van der Waals surface area contributed by atoms with Crippen LogP contribution >= 0.6 is 0 Å². The van der Waals surface area contributed by atoms with Gasteiger partial charge in [-0.05, 0) is 23.9 Å². The third kappa shape index (κ3) is 0.669. The zero-order chi connectivity index (χ0) is 6.10. The van der Waals surface area contributed by atoms with Crippen LogP contribution < -0.4 is 5.32 Å². The van der Waals surface area contributed by atoms with Crippen LogP contribution in [0.4, 0.5) is 0 Å². The maximum absolute atomic E-state index is 4.12. The molecule has 2 heterocycles. The van der Waals surface area contributed by atoms with Crippen molar-refractivity contribution in [1.82, 2.24) is 5.32 Å². The van der Waals surface area contributed by atoms with Crippen LogP contribution in [0, 0.1) is 0 Å². The standard InChI is InChI=1S/C7H8N2/c1-3-8-5-7-6(1)2-4-9-7/h1-4,7,9H,5H2. The molecule has 2 aliphatic rings. The van der Waals surface area contributed by atoms with Crippen molar-refractivity contribution in [2.75, 3.05) is 6.54 Å². The largest absolute Gasteiger partial charge is 0.382 e. The molecule has 1 unspecified atom stereocenters. The number of hydrogen-bond acceptors (Lipinski definition) is 2. The summed E-state index contributed by atoms with van der Waals surface area (Å²) in [5.41, 5.74) is 1.35. The fraction of sp³-hybridized carbons (Fsp3) is 0.286. The van der Waals surface area contributed by atoms with Crippen LogP contribution in [-0.2, 0) is 0 Å². The molecule has 0 saturated carbocycles. The lowest BCUT2D eigenvalue weighted by Crippen LogP contribution is -2.26. The van der Waals surface area contributed by atoms with E-state index in [9.17, 15) is 0 Å². The van der Waals surface area contributed by atoms with E-state index in [1.807, 2.05) is 18.5 Å². The highest BCUT2D eigenvalue weighted by atomic mass is 15.0. The van der Waals surface area contributed by atoms with Crippen LogP contribution in [-0.4, -0.2) is 18.8 Å². The fourth-order valence-corrected chi connectivity index (χ4v) is 1.11. The monoisotopic (exact) mass is 120 g/mol. The smallest absolute Gasteiger partial charge is 0.0704 e. The van der Waals surface area contributed by atoms with Crippen LogP contribution in [0.2, 0.25) is 0 Å². The molecule has 0 saturated heterocycles. The zero-order valence-electron chi connectivity index (χ0n) is 5.04. The molecule has 0 aromatic heterocycles. The topological polar surface area (TPSA) is 24.4 Å². The number of rotatable bonds is 0. The molecule has 2 nitrogen and oxygen atoms in total. The average molecular weight is 120 g/mol. The first-order valence-electron chi connectivity index (χ1n) is 3.09. The number of allylic oxidation sites excluding steroid dienone is 1. The normalized spacial score (nSPS) is 29.3. The van der Waals surface area contributed by atoms with Crippen molar-refractivity contribution in [2.45, 2.75) is 6.04 Å². The zero-order valence-corrected chi connectivity index (χ0v) is 5.04. The summed E-state index contributed by atoms with van der Waals surface area (Å²) >= 11 is 0. The predicted molar refractivity (Wildman–Crippen MR) is 37.5 cm³/mol. The third-order valence-electron chi connectivity index (χ3n) is 1.64. The predicted octanol–water partition coefficient (Wildman–Crippen LogP) is 0.483. The molecule has 46 valence electrons. The minimum atomic E-state index is 0.468. The van der Waals surface area contributed by atoms with Crippen LogP contribution in [0.15, 0.2) is 28.9 Å². The van der Waals surface area contributed by atoms with Crippen molar-refractivity contribution in [3.05, 3.63) is 23.9 Å². The van der Waals surface area contributed by atoms with Gasteiger partial charge in [-0.25, -0.2) is 0 Å². The molecular weight excluding hydrogens is 112 g/mol. The first-order chi connectivity index (χ1) is 4.47. The van der Waals surface area contributed by atoms with Crippen molar-refractivity contribution in [3.63, 3.8) is 0 Å². The quantitative estimate of drug-likeness (QED) is 0.494. The lowest BCUT2D eigenvalue weighted by atomic mass is 10.1. The van der Waals surface area contributed by atoms with E-state index in [1.54, 1.807) is 0 Å². The summed E-state index contributed by atoms with van der Waals surface area (Å²) in [6, 6.07) is 0.468. The van der Waals surface area contributed by atoms with Crippen LogP contribution in [0.5, 0.6) is 0 Å². The van der Waals surface area contributed by atoms with Gasteiger partial charge in [0.1, 0.15) is 0 Å². The Morgan fingerprint density at radius 1 is 1.67 bits per heavy atom. The maximum Gasteiger partial charge on any atom is 0.0704 e. The highest BCUT2D eigenvalue weighted by Gasteiger charge is 2.15. The Kier molecular flexibility index (Phi) is 0.918. The molecule has 1 N–H and O–H groups in total. The van der Waals surface area contributed by atoms with E-state index >= 15 is 0 Å². The van der Waals surface area contributed by atoms with E-state index < -0.39 is 0 Å². The van der Waals surface area contributed by atoms with Gasteiger partial charge in [-0.15, -0.1) is 0 Å². The second kappa shape index (κ2) is 1.72. The molecule has 0 aromatic rings. The minimum absolute atomic E-state index is 0.468. The van der Waals surface area contributed by atoms with Crippen molar-refractivity contribution < 1.29 is 0 Å². The molecule has 0 aromatic carbocycles. The number of fused-ring (bicyclic) bond motifs is 1. The Hall–Kier alpha value is -1.05. The van der Waals surface area contributed by atoms with Crippen molar-refractivity contribution in [3.8, 4) is 0 Å². The van der Waals surface area contributed by atoms with Gasteiger partial charge in [0.2, 0.25) is 0 Å². The fourth-order valence-electron chi connectivity index (χ4n) is 1.11. The highest BCUT2D eigenvalue weighted by molar-refractivity contribution is 5.75. The number of nitrogens with zero attached hydrogens (tertiary/aromatic N) is 1. The van der Waals surface area contributed by atoms with Crippen LogP contribution in [0.3, 0.4) is 0 Å². The molecule has 2 heteroatoms. The van der Waals surface area contributed by atoms with Gasteiger partial charge in [0.05, 0.1) is 12.6 Å². The van der Waals surface area contributed by atoms with Gasteiger partial charge in [-0.1, -0.05) is 0 Å². The van der Waals surface area contributed by atoms with E-state index in [0.717, 1.165) is 6.54 Å². The molecule has 2 aliphatic heterocycles. The van der Waals surface area contributed by atoms with E-state index in [2.05, 4.69) is 16.4 Å². The first kappa shape index (κ1) is 4.79. The molecule has 0 radical (unpaired) electrons. The summed E-state index contributed by atoms with van der Waals surface area (Å²) in [6.07, 6.45) is 7.98. The van der Waals surface area contributed by atoms with Gasteiger partial charge in [-0.3, -0.25) is 4.99 Å². The van der Waals surface area contributed by atoms with Crippen molar-refractivity contribution in [2.24, 2.45) is 4.99 Å². The van der Waals surface area contributed by atoms with Crippen molar-refractivity contribution >= 4 is 6.21 Å². The SMILES string of the molecule is C1=CC2=CC=NCC2N1. The number of nitrogens with one attached hydrogen (secondary N) is 1. The lowest BCUT2D eigenvalue weighted by Gasteiger charge is -2.11. The summed E-state index contributed by atoms with van der Waals surface area (Å²) in [5, 5.41) is 3.20. The molecule has 0 fully saturated rings. The number of hydrogen-bond donors (Lipinski definition) is 1.